The van der Waals surface area contributed by atoms with E-state index >= 15 is 0 Å². The topological polar surface area (TPSA) is 66.3 Å². The average molecular weight is 369 g/mol. The second-order valence-corrected chi connectivity index (χ2v) is 5.96. The van der Waals surface area contributed by atoms with E-state index in [1.54, 1.807) is 55.5 Å². The van der Waals surface area contributed by atoms with Crippen molar-refractivity contribution in [2.45, 2.75) is 6.92 Å². The van der Waals surface area contributed by atoms with Crippen LogP contribution in [0.15, 0.2) is 65.3 Å². The van der Waals surface area contributed by atoms with Gasteiger partial charge in [-0.05, 0) is 79.3 Å². The number of benzene rings is 2. The van der Waals surface area contributed by atoms with E-state index in [0.29, 0.717) is 22.1 Å². The maximum absolute atomic E-state index is 13.3. The lowest BCUT2D eigenvalue weighted by Gasteiger charge is -2.12. The van der Waals surface area contributed by atoms with Crippen LogP contribution in [0.25, 0.3) is 0 Å². The molecule has 0 saturated heterocycles. The summed E-state index contributed by atoms with van der Waals surface area (Å²) < 4.78 is 18.3. The van der Waals surface area contributed by atoms with Gasteiger partial charge < -0.3 is 20.4 Å². The predicted octanol–water partition coefficient (Wildman–Crippen LogP) is 4.79. The Bertz CT molecular complexity index is 924. The minimum absolute atomic E-state index is 0.243. The van der Waals surface area contributed by atoms with Crippen molar-refractivity contribution in [2.75, 3.05) is 16.0 Å². The molecule has 1 aromatic heterocycles. The van der Waals surface area contributed by atoms with Crippen LogP contribution >= 0.6 is 12.2 Å². The van der Waals surface area contributed by atoms with E-state index in [1.165, 1.54) is 12.3 Å². The first-order valence-corrected chi connectivity index (χ1v) is 8.21. The fourth-order valence-electron chi connectivity index (χ4n) is 2.25. The highest BCUT2D eigenvalue weighted by atomic mass is 32.1. The maximum Gasteiger partial charge on any atom is 0.291 e. The number of rotatable bonds is 4. The van der Waals surface area contributed by atoms with Gasteiger partial charge >= 0.3 is 0 Å². The van der Waals surface area contributed by atoms with E-state index in [4.69, 9.17) is 16.6 Å². The summed E-state index contributed by atoms with van der Waals surface area (Å²) in [4.78, 5) is 11.9. The highest BCUT2D eigenvalue weighted by Gasteiger charge is 2.08. The summed E-state index contributed by atoms with van der Waals surface area (Å²) in [6.45, 7) is 1.69. The third-order valence-corrected chi connectivity index (χ3v) is 3.77. The van der Waals surface area contributed by atoms with Crippen molar-refractivity contribution in [3.63, 3.8) is 0 Å². The van der Waals surface area contributed by atoms with Crippen molar-refractivity contribution in [1.29, 1.82) is 0 Å². The number of aryl methyl sites for hydroxylation is 1. The van der Waals surface area contributed by atoms with Crippen molar-refractivity contribution >= 4 is 40.3 Å². The summed E-state index contributed by atoms with van der Waals surface area (Å²) in [5.41, 5.74) is 2.61. The zero-order valence-corrected chi connectivity index (χ0v) is 14.7. The van der Waals surface area contributed by atoms with Crippen molar-refractivity contribution < 1.29 is 13.6 Å². The molecule has 3 rings (SSSR count). The van der Waals surface area contributed by atoms with Crippen LogP contribution in [0.5, 0.6) is 0 Å². The van der Waals surface area contributed by atoms with Gasteiger partial charge in [0.2, 0.25) is 0 Å². The first kappa shape index (κ1) is 17.6. The fraction of sp³-hybridized carbons (Fsp3) is 0.0526. The maximum atomic E-state index is 13.3. The first-order valence-electron chi connectivity index (χ1n) is 7.80. The lowest BCUT2D eigenvalue weighted by molar-refractivity contribution is 0.0996. The number of hydrogen-bond acceptors (Lipinski definition) is 3. The molecule has 0 radical (unpaired) electrons. The van der Waals surface area contributed by atoms with E-state index in [2.05, 4.69) is 16.0 Å². The Kier molecular flexibility index (Phi) is 5.28. The van der Waals surface area contributed by atoms with Crippen LogP contribution in [0, 0.1) is 12.7 Å². The average Bonchev–Trinajstić information content (AvgIpc) is 3.15. The Hall–Kier alpha value is -3.19. The van der Waals surface area contributed by atoms with Crippen LogP contribution in [-0.4, -0.2) is 11.0 Å². The number of furan rings is 1. The summed E-state index contributed by atoms with van der Waals surface area (Å²) in [7, 11) is 0. The second kappa shape index (κ2) is 7.79. The van der Waals surface area contributed by atoms with E-state index < -0.39 is 0 Å². The largest absolute Gasteiger partial charge is 0.459 e. The molecule has 0 saturated carbocycles. The molecule has 0 fully saturated rings. The lowest BCUT2D eigenvalue weighted by atomic mass is 10.2. The quantitative estimate of drug-likeness (QED) is 0.577. The van der Waals surface area contributed by atoms with Crippen molar-refractivity contribution in [3.05, 3.63) is 78.0 Å². The fourth-order valence-corrected chi connectivity index (χ4v) is 2.49. The minimum atomic E-state index is -0.320. The van der Waals surface area contributed by atoms with E-state index in [-0.39, 0.29) is 17.5 Å². The second-order valence-electron chi connectivity index (χ2n) is 5.55. The number of thiocarbonyl (C=S) groups is 1. The van der Waals surface area contributed by atoms with Gasteiger partial charge in [-0.25, -0.2) is 4.39 Å². The molecule has 1 heterocycles. The van der Waals surface area contributed by atoms with E-state index in [1.807, 2.05) is 0 Å². The minimum Gasteiger partial charge on any atom is -0.459 e. The highest BCUT2D eigenvalue weighted by molar-refractivity contribution is 7.80. The van der Waals surface area contributed by atoms with E-state index in [9.17, 15) is 9.18 Å². The van der Waals surface area contributed by atoms with Gasteiger partial charge in [0.05, 0.1) is 6.26 Å². The molecule has 0 aliphatic heterocycles. The molecular weight excluding hydrogens is 353 g/mol. The van der Waals surface area contributed by atoms with Crippen LogP contribution in [0.4, 0.5) is 21.5 Å². The molecule has 132 valence electrons. The number of halogens is 1. The Morgan fingerprint density at radius 2 is 1.58 bits per heavy atom. The Morgan fingerprint density at radius 3 is 2.19 bits per heavy atom. The van der Waals surface area contributed by atoms with E-state index in [0.717, 1.165) is 5.69 Å². The van der Waals surface area contributed by atoms with Crippen molar-refractivity contribution in [3.8, 4) is 0 Å². The summed E-state index contributed by atoms with van der Waals surface area (Å²) in [5, 5.41) is 9.13. The lowest BCUT2D eigenvalue weighted by Crippen LogP contribution is -2.19. The number of anilines is 3. The Morgan fingerprint density at radius 1 is 0.962 bits per heavy atom. The third-order valence-electron chi connectivity index (χ3n) is 3.56. The molecule has 0 aliphatic carbocycles. The molecule has 5 nitrogen and oxygen atoms in total. The molecule has 0 unspecified atom stereocenters. The number of carbonyl (C=O) groups is 1. The van der Waals surface area contributed by atoms with Gasteiger partial charge in [0, 0.05) is 17.1 Å². The highest BCUT2D eigenvalue weighted by Crippen LogP contribution is 2.17. The van der Waals surface area contributed by atoms with Crippen molar-refractivity contribution in [1.82, 2.24) is 0 Å². The zero-order valence-electron chi connectivity index (χ0n) is 13.9. The standard InChI is InChI=1S/C19H16FN3O2S/c1-12-11-15(8-9-16(12)20)23-19(26)22-14-6-4-13(5-7-14)21-18(24)17-3-2-10-25-17/h2-11H,1H3,(H,21,24)(H2,22,23,26). The molecule has 3 N–H and O–H groups in total. The smallest absolute Gasteiger partial charge is 0.291 e. The zero-order chi connectivity index (χ0) is 18.5. The molecule has 7 heteroatoms. The van der Waals surface area contributed by atoms with Crippen LogP contribution in [0.1, 0.15) is 16.1 Å². The predicted molar refractivity (Wildman–Crippen MR) is 104 cm³/mol. The van der Waals surface area contributed by atoms with Crippen LogP contribution in [-0.2, 0) is 0 Å². The molecule has 26 heavy (non-hydrogen) atoms. The summed E-state index contributed by atoms with van der Waals surface area (Å²) >= 11 is 5.25. The molecule has 0 aliphatic rings. The molecule has 0 spiro atoms. The molecule has 0 bridgehead atoms. The van der Waals surface area contributed by atoms with Gasteiger partial charge in [-0.1, -0.05) is 0 Å². The number of hydrogen-bond donors (Lipinski definition) is 3. The SMILES string of the molecule is Cc1cc(NC(=S)Nc2ccc(NC(=O)c3ccco3)cc2)ccc1F. The molecular formula is C19H16FN3O2S. The third kappa shape index (κ3) is 4.46. The molecule has 2 aromatic carbocycles. The molecule has 3 aromatic rings. The van der Waals surface area contributed by atoms with Gasteiger partial charge in [0.15, 0.2) is 10.9 Å². The summed E-state index contributed by atoms with van der Waals surface area (Å²) in [6, 6.07) is 15.0. The number of carbonyl (C=O) groups excluding carboxylic acids is 1. The summed E-state index contributed by atoms with van der Waals surface area (Å²) in [6.07, 6.45) is 1.44. The first-order chi connectivity index (χ1) is 12.5. The van der Waals surface area contributed by atoms with Crippen LogP contribution in [0.2, 0.25) is 0 Å². The van der Waals surface area contributed by atoms with Crippen LogP contribution in [0.3, 0.4) is 0 Å². The van der Waals surface area contributed by atoms with Crippen molar-refractivity contribution in [2.24, 2.45) is 0 Å². The van der Waals surface area contributed by atoms with Gasteiger partial charge in [-0.15, -0.1) is 0 Å². The normalized spacial score (nSPS) is 10.2. The molecule has 0 atom stereocenters. The Labute approximate surface area is 155 Å². The Balaban J connectivity index is 1.57. The number of amides is 1. The monoisotopic (exact) mass is 369 g/mol. The number of nitrogens with one attached hydrogen (secondary N) is 3. The van der Waals surface area contributed by atoms with Gasteiger partial charge in [-0.3, -0.25) is 4.79 Å². The van der Waals surface area contributed by atoms with Gasteiger partial charge in [0.1, 0.15) is 5.82 Å². The molecule has 1 amide bonds. The van der Waals surface area contributed by atoms with Gasteiger partial charge in [0.25, 0.3) is 5.91 Å². The van der Waals surface area contributed by atoms with Crippen LogP contribution < -0.4 is 16.0 Å². The van der Waals surface area contributed by atoms with Gasteiger partial charge in [-0.2, -0.15) is 0 Å². The summed E-state index contributed by atoms with van der Waals surface area (Å²) in [5.74, 6) is -0.339.